The van der Waals surface area contributed by atoms with Gasteiger partial charge in [-0.15, -0.1) is 0 Å². The van der Waals surface area contributed by atoms with E-state index in [0.29, 0.717) is 11.0 Å². The molecule has 0 atom stereocenters. The lowest BCUT2D eigenvalue weighted by molar-refractivity contribution is 0.103. The van der Waals surface area contributed by atoms with E-state index in [1.807, 2.05) is 0 Å². The maximum absolute atomic E-state index is 14.0. The van der Waals surface area contributed by atoms with Gasteiger partial charge in [0.2, 0.25) is 5.88 Å². The average Bonchev–Trinajstić information content (AvgIpc) is 2.93. The quantitative estimate of drug-likeness (QED) is 0.566. The number of ether oxygens (including phenoxy) is 1. The lowest BCUT2D eigenvalue weighted by atomic mass is 10.0. The molecule has 0 aliphatic heterocycles. The highest BCUT2D eigenvalue weighted by Crippen LogP contribution is 2.28. The molecule has 0 saturated carbocycles. The topological polar surface area (TPSA) is 93.9 Å². The first-order valence-electron chi connectivity index (χ1n) is 6.08. The summed E-state index contributed by atoms with van der Waals surface area (Å²) in [6.07, 6.45) is 2.76. The van der Waals surface area contributed by atoms with E-state index in [0.717, 1.165) is 0 Å². The highest BCUT2D eigenvalue weighted by atomic mass is 19.1. The van der Waals surface area contributed by atoms with Crippen LogP contribution in [0.25, 0.3) is 11.0 Å². The van der Waals surface area contributed by atoms with Crippen molar-refractivity contribution in [2.75, 3.05) is 12.8 Å². The van der Waals surface area contributed by atoms with Crippen molar-refractivity contribution in [2.24, 2.45) is 0 Å². The second kappa shape index (κ2) is 4.86. The van der Waals surface area contributed by atoms with Crippen molar-refractivity contribution in [3.05, 3.63) is 47.7 Å². The number of aromatic nitrogens is 3. The molecule has 1 aromatic carbocycles. The number of halogens is 1. The van der Waals surface area contributed by atoms with Gasteiger partial charge in [-0.25, -0.2) is 14.4 Å². The first kappa shape index (κ1) is 13.0. The van der Waals surface area contributed by atoms with Gasteiger partial charge >= 0.3 is 0 Å². The molecular weight excluding hydrogens is 275 g/mol. The molecule has 0 aliphatic carbocycles. The van der Waals surface area contributed by atoms with Crippen molar-refractivity contribution >= 4 is 22.5 Å². The molecule has 0 radical (unpaired) electrons. The van der Waals surface area contributed by atoms with Crippen molar-refractivity contribution in [2.45, 2.75) is 0 Å². The van der Waals surface area contributed by atoms with Crippen molar-refractivity contribution < 1.29 is 13.9 Å². The van der Waals surface area contributed by atoms with Crippen LogP contribution in [0.5, 0.6) is 5.88 Å². The van der Waals surface area contributed by atoms with Crippen LogP contribution in [0.4, 0.5) is 10.1 Å². The number of nitrogens with two attached hydrogens (primary N) is 1. The number of carbonyl (C=O) groups excluding carboxylic acids is 1. The molecule has 0 aliphatic rings. The fourth-order valence-electron chi connectivity index (χ4n) is 2.14. The third-order valence-corrected chi connectivity index (χ3v) is 3.15. The number of hydrogen-bond donors (Lipinski definition) is 2. The van der Waals surface area contributed by atoms with Gasteiger partial charge in [-0.05, 0) is 12.1 Å². The second-order valence-corrected chi connectivity index (χ2v) is 4.35. The van der Waals surface area contributed by atoms with Gasteiger partial charge in [0.25, 0.3) is 0 Å². The molecule has 21 heavy (non-hydrogen) atoms. The van der Waals surface area contributed by atoms with Gasteiger partial charge in [0, 0.05) is 6.20 Å². The van der Waals surface area contributed by atoms with Gasteiger partial charge in [0.1, 0.15) is 12.0 Å². The first-order valence-corrected chi connectivity index (χ1v) is 6.08. The van der Waals surface area contributed by atoms with Crippen LogP contribution >= 0.6 is 0 Å². The molecule has 0 amide bonds. The molecule has 0 fully saturated rings. The SMILES string of the molecule is COc1ncnc2[nH]cc(C(=O)c3cccc(N)c3F)c12. The smallest absolute Gasteiger partial charge is 0.226 e. The summed E-state index contributed by atoms with van der Waals surface area (Å²) >= 11 is 0. The molecule has 3 aromatic rings. The monoisotopic (exact) mass is 286 g/mol. The van der Waals surface area contributed by atoms with Crippen LogP contribution in [0, 0.1) is 5.82 Å². The Bertz CT molecular complexity index is 844. The van der Waals surface area contributed by atoms with Crippen LogP contribution in [0.1, 0.15) is 15.9 Å². The maximum Gasteiger partial charge on any atom is 0.226 e. The molecular formula is C14H11FN4O2. The third kappa shape index (κ3) is 1.99. The van der Waals surface area contributed by atoms with Gasteiger partial charge in [-0.1, -0.05) is 6.07 Å². The zero-order chi connectivity index (χ0) is 15.0. The van der Waals surface area contributed by atoms with Crippen molar-refractivity contribution in [3.63, 3.8) is 0 Å². The van der Waals surface area contributed by atoms with E-state index >= 15 is 0 Å². The van der Waals surface area contributed by atoms with E-state index in [2.05, 4.69) is 15.0 Å². The number of methoxy groups -OCH3 is 1. The van der Waals surface area contributed by atoms with Crippen LogP contribution in [-0.4, -0.2) is 27.8 Å². The number of nitrogens with zero attached hydrogens (tertiary/aromatic N) is 2. The van der Waals surface area contributed by atoms with Crippen LogP contribution in [0.3, 0.4) is 0 Å². The Morgan fingerprint density at radius 2 is 2.14 bits per heavy atom. The molecule has 0 saturated heterocycles. The van der Waals surface area contributed by atoms with Crippen molar-refractivity contribution in [1.29, 1.82) is 0 Å². The summed E-state index contributed by atoms with van der Waals surface area (Å²) in [5.74, 6) is -1.01. The van der Waals surface area contributed by atoms with Gasteiger partial charge in [-0.3, -0.25) is 4.79 Å². The number of fused-ring (bicyclic) bond motifs is 1. The summed E-state index contributed by atoms with van der Waals surface area (Å²) in [7, 11) is 1.43. The summed E-state index contributed by atoms with van der Waals surface area (Å²) in [6.45, 7) is 0. The van der Waals surface area contributed by atoms with Crippen LogP contribution in [-0.2, 0) is 0 Å². The lowest BCUT2D eigenvalue weighted by Crippen LogP contribution is -2.06. The van der Waals surface area contributed by atoms with E-state index in [9.17, 15) is 9.18 Å². The van der Waals surface area contributed by atoms with Gasteiger partial charge < -0.3 is 15.5 Å². The molecule has 3 rings (SSSR count). The normalized spacial score (nSPS) is 10.8. The Balaban J connectivity index is 2.21. The lowest BCUT2D eigenvalue weighted by Gasteiger charge is -2.05. The molecule has 0 spiro atoms. The Hall–Kier alpha value is -2.96. The van der Waals surface area contributed by atoms with E-state index in [1.54, 1.807) is 0 Å². The number of hydrogen-bond acceptors (Lipinski definition) is 5. The Morgan fingerprint density at radius 1 is 1.33 bits per heavy atom. The molecule has 6 nitrogen and oxygen atoms in total. The van der Waals surface area contributed by atoms with E-state index in [4.69, 9.17) is 10.5 Å². The van der Waals surface area contributed by atoms with Crippen molar-refractivity contribution in [1.82, 2.24) is 15.0 Å². The average molecular weight is 286 g/mol. The van der Waals surface area contributed by atoms with Crippen LogP contribution < -0.4 is 10.5 Å². The molecule has 106 valence electrons. The number of H-pyrrole nitrogens is 1. The number of nitrogens with one attached hydrogen (secondary N) is 1. The fraction of sp³-hybridized carbons (Fsp3) is 0.0714. The predicted octanol–water partition coefficient (Wildman–Crippen LogP) is 1.92. The number of benzene rings is 1. The minimum Gasteiger partial charge on any atom is -0.480 e. The standard InChI is InChI=1S/C14H11FN4O2/c1-21-14-10-8(5-17-13(10)18-6-19-14)12(20)7-3-2-4-9(16)11(7)15/h2-6H,16H2,1H3,(H,17,18,19). The van der Waals surface area contributed by atoms with Gasteiger partial charge in [0.15, 0.2) is 11.6 Å². The number of aromatic amines is 1. The molecule has 7 heteroatoms. The van der Waals surface area contributed by atoms with Gasteiger partial charge in [0.05, 0.1) is 29.3 Å². The zero-order valence-electron chi connectivity index (χ0n) is 11.1. The summed E-state index contributed by atoms with van der Waals surface area (Å²) in [5, 5.41) is 0.409. The molecule has 0 unspecified atom stereocenters. The molecule has 2 aromatic heterocycles. The minimum absolute atomic E-state index is 0.0797. The number of carbonyl (C=O) groups is 1. The summed E-state index contributed by atoms with van der Waals surface area (Å²) in [4.78, 5) is 23.3. The fourth-order valence-corrected chi connectivity index (χ4v) is 2.14. The second-order valence-electron chi connectivity index (χ2n) is 4.35. The number of ketones is 1. The summed E-state index contributed by atoms with van der Waals surface area (Å²) < 4.78 is 19.1. The number of rotatable bonds is 3. The highest BCUT2D eigenvalue weighted by Gasteiger charge is 2.22. The largest absolute Gasteiger partial charge is 0.480 e. The van der Waals surface area contributed by atoms with Crippen LogP contribution in [0.2, 0.25) is 0 Å². The molecule has 0 bridgehead atoms. The summed E-state index contributed by atoms with van der Waals surface area (Å²) in [5.41, 5.74) is 5.97. The molecule has 2 heterocycles. The Kier molecular flexibility index (Phi) is 3.02. The number of nitrogen functional groups attached to an aromatic ring is 1. The van der Waals surface area contributed by atoms with E-state index in [-0.39, 0.29) is 22.7 Å². The maximum atomic E-state index is 14.0. The molecule has 3 N–H and O–H groups in total. The first-order chi connectivity index (χ1) is 10.1. The van der Waals surface area contributed by atoms with Gasteiger partial charge in [-0.2, -0.15) is 0 Å². The predicted molar refractivity (Wildman–Crippen MR) is 74.7 cm³/mol. The van der Waals surface area contributed by atoms with Crippen LogP contribution in [0.15, 0.2) is 30.7 Å². The number of anilines is 1. The van der Waals surface area contributed by atoms with E-state index < -0.39 is 11.6 Å². The Labute approximate surface area is 118 Å². The minimum atomic E-state index is -0.743. The van der Waals surface area contributed by atoms with E-state index in [1.165, 1.54) is 37.8 Å². The highest BCUT2D eigenvalue weighted by molar-refractivity contribution is 6.17. The summed E-state index contributed by atoms with van der Waals surface area (Å²) in [6, 6.07) is 4.29. The van der Waals surface area contributed by atoms with Crippen molar-refractivity contribution in [3.8, 4) is 5.88 Å². The third-order valence-electron chi connectivity index (χ3n) is 3.15. The zero-order valence-corrected chi connectivity index (χ0v) is 11.1. The Morgan fingerprint density at radius 3 is 2.90 bits per heavy atom.